The summed E-state index contributed by atoms with van der Waals surface area (Å²) in [5, 5.41) is 9.21. The fraction of sp³-hybridized carbons (Fsp3) is 0.0769. The van der Waals surface area contributed by atoms with Crippen LogP contribution >= 0.6 is 0 Å². The number of aromatic nitrogens is 5. The lowest BCUT2D eigenvalue weighted by Crippen LogP contribution is -2.02. The number of carboxylic acids is 1. The van der Waals surface area contributed by atoms with Crippen molar-refractivity contribution < 1.29 is 9.90 Å². The molecular formula is C13H11N5O2. The minimum atomic E-state index is -1.02. The summed E-state index contributed by atoms with van der Waals surface area (Å²) >= 11 is 0. The molecule has 0 spiro atoms. The van der Waals surface area contributed by atoms with Crippen LogP contribution in [-0.4, -0.2) is 35.6 Å². The van der Waals surface area contributed by atoms with Gasteiger partial charge in [-0.25, -0.2) is 19.7 Å². The molecule has 0 unspecified atom stereocenters. The quantitative estimate of drug-likeness (QED) is 0.752. The molecule has 0 amide bonds. The molecule has 0 radical (unpaired) electrons. The van der Waals surface area contributed by atoms with E-state index in [9.17, 15) is 9.90 Å². The van der Waals surface area contributed by atoms with Gasteiger partial charge in [-0.05, 0) is 12.1 Å². The van der Waals surface area contributed by atoms with E-state index < -0.39 is 5.97 Å². The fourth-order valence-electron chi connectivity index (χ4n) is 1.91. The van der Waals surface area contributed by atoms with E-state index in [2.05, 4.69) is 19.9 Å². The SMILES string of the molecule is Cn1ccnc1-c1cc(C(=O)O)cc(-c2ncc[nH]2)n1. The topological polar surface area (TPSA) is 96.7 Å². The molecule has 0 aliphatic rings. The van der Waals surface area contributed by atoms with Gasteiger partial charge in [0.1, 0.15) is 11.4 Å². The molecule has 3 aromatic rings. The molecule has 100 valence electrons. The maximum atomic E-state index is 11.2. The molecule has 7 heteroatoms. The molecule has 0 aliphatic carbocycles. The van der Waals surface area contributed by atoms with E-state index in [1.165, 1.54) is 12.1 Å². The van der Waals surface area contributed by atoms with E-state index in [0.29, 0.717) is 23.0 Å². The highest BCUT2D eigenvalue weighted by Crippen LogP contribution is 2.21. The lowest BCUT2D eigenvalue weighted by atomic mass is 10.1. The number of aromatic amines is 1. The minimum absolute atomic E-state index is 0.143. The van der Waals surface area contributed by atoms with E-state index in [-0.39, 0.29) is 5.56 Å². The lowest BCUT2D eigenvalue weighted by Gasteiger charge is -2.05. The van der Waals surface area contributed by atoms with Crippen molar-refractivity contribution in [2.75, 3.05) is 0 Å². The van der Waals surface area contributed by atoms with Gasteiger partial charge in [-0.1, -0.05) is 0 Å². The van der Waals surface area contributed by atoms with Gasteiger partial charge in [0.2, 0.25) is 0 Å². The summed E-state index contributed by atoms with van der Waals surface area (Å²) in [6.07, 6.45) is 6.66. The van der Waals surface area contributed by atoms with Crippen LogP contribution in [0.25, 0.3) is 23.0 Å². The molecule has 7 nitrogen and oxygen atoms in total. The zero-order valence-corrected chi connectivity index (χ0v) is 10.6. The van der Waals surface area contributed by atoms with Crippen molar-refractivity contribution in [2.45, 2.75) is 0 Å². The van der Waals surface area contributed by atoms with Crippen LogP contribution in [0.15, 0.2) is 36.9 Å². The molecule has 0 aliphatic heterocycles. The monoisotopic (exact) mass is 269 g/mol. The van der Waals surface area contributed by atoms with Crippen molar-refractivity contribution in [2.24, 2.45) is 7.05 Å². The molecule has 0 aromatic carbocycles. The first-order valence-corrected chi connectivity index (χ1v) is 5.88. The van der Waals surface area contributed by atoms with Gasteiger partial charge in [-0.2, -0.15) is 0 Å². The van der Waals surface area contributed by atoms with Crippen LogP contribution in [0.2, 0.25) is 0 Å². The van der Waals surface area contributed by atoms with Gasteiger partial charge in [0.25, 0.3) is 0 Å². The first-order valence-electron chi connectivity index (χ1n) is 5.88. The average Bonchev–Trinajstić information content (AvgIpc) is 3.09. The van der Waals surface area contributed by atoms with Crippen molar-refractivity contribution in [1.82, 2.24) is 24.5 Å². The van der Waals surface area contributed by atoms with E-state index in [0.717, 1.165) is 0 Å². The number of nitrogens with zero attached hydrogens (tertiary/aromatic N) is 4. The molecule has 0 bridgehead atoms. The molecule has 0 saturated carbocycles. The van der Waals surface area contributed by atoms with E-state index in [4.69, 9.17) is 0 Å². The Morgan fingerprint density at radius 1 is 1.25 bits per heavy atom. The normalized spacial score (nSPS) is 10.7. The number of carboxylic acid groups (broad SMARTS) is 1. The number of imidazole rings is 2. The van der Waals surface area contributed by atoms with E-state index in [1.54, 1.807) is 29.4 Å². The number of H-pyrrole nitrogens is 1. The summed E-state index contributed by atoms with van der Waals surface area (Å²) in [6.45, 7) is 0. The second kappa shape index (κ2) is 4.61. The lowest BCUT2D eigenvalue weighted by molar-refractivity contribution is 0.0697. The van der Waals surface area contributed by atoms with Crippen LogP contribution in [0.3, 0.4) is 0 Å². The molecule has 2 N–H and O–H groups in total. The Morgan fingerprint density at radius 3 is 2.65 bits per heavy atom. The molecule has 3 heterocycles. The highest BCUT2D eigenvalue weighted by atomic mass is 16.4. The Bertz CT molecular complexity index is 761. The number of hydrogen-bond donors (Lipinski definition) is 2. The standard InChI is InChI=1S/C13H11N5O2/c1-18-5-4-16-12(18)10-7-8(13(19)20)6-9(17-10)11-14-2-3-15-11/h2-7H,1H3,(H,14,15)(H,19,20). The van der Waals surface area contributed by atoms with E-state index >= 15 is 0 Å². The van der Waals surface area contributed by atoms with Gasteiger partial charge in [0.05, 0.1) is 5.56 Å². The summed E-state index contributed by atoms with van der Waals surface area (Å²) in [5.74, 6) is 0.0973. The molecule has 0 fully saturated rings. The Morgan fingerprint density at radius 2 is 2.05 bits per heavy atom. The van der Waals surface area contributed by atoms with Crippen molar-refractivity contribution >= 4 is 5.97 Å². The highest BCUT2D eigenvalue weighted by Gasteiger charge is 2.14. The largest absolute Gasteiger partial charge is 0.478 e. The third kappa shape index (κ3) is 2.05. The number of rotatable bonds is 3. The van der Waals surface area contributed by atoms with Gasteiger partial charge < -0.3 is 14.7 Å². The molecular weight excluding hydrogens is 258 g/mol. The first kappa shape index (κ1) is 12.1. The third-order valence-corrected chi connectivity index (χ3v) is 2.86. The number of aromatic carboxylic acids is 1. The second-order valence-corrected chi connectivity index (χ2v) is 4.23. The summed E-state index contributed by atoms with van der Waals surface area (Å²) in [7, 11) is 1.82. The Hall–Kier alpha value is -2.96. The van der Waals surface area contributed by atoms with Crippen LogP contribution in [-0.2, 0) is 7.05 Å². The second-order valence-electron chi connectivity index (χ2n) is 4.23. The number of pyridine rings is 1. The summed E-state index contributed by atoms with van der Waals surface area (Å²) in [4.78, 5) is 26.9. The number of hydrogen-bond acceptors (Lipinski definition) is 4. The van der Waals surface area contributed by atoms with Crippen LogP contribution in [0, 0.1) is 0 Å². The summed E-state index contributed by atoms with van der Waals surface area (Å²) < 4.78 is 1.78. The molecule has 0 atom stereocenters. The average molecular weight is 269 g/mol. The minimum Gasteiger partial charge on any atom is -0.478 e. The number of nitrogens with one attached hydrogen (secondary N) is 1. The maximum absolute atomic E-state index is 11.2. The summed E-state index contributed by atoms with van der Waals surface area (Å²) in [6, 6.07) is 2.98. The zero-order chi connectivity index (χ0) is 14.1. The maximum Gasteiger partial charge on any atom is 0.335 e. The smallest absolute Gasteiger partial charge is 0.335 e. The highest BCUT2D eigenvalue weighted by molar-refractivity contribution is 5.90. The van der Waals surface area contributed by atoms with Gasteiger partial charge in [0, 0.05) is 31.8 Å². The van der Waals surface area contributed by atoms with Crippen LogP contribution in [0.4, 0.5) is 0 Å². The Kier molecular flexibility index (Phi) is 2.79. The number of carbonyl (C=O) groups is 1. The van der Waals surface area contributed by atoms with E-state index in [1.807, 2.05) is 7.05 Å². The van der Waals surface area contributed by atoms with Crippen molar-refractivity contribution in [3.63, 3.8) is 0 Å². The van der Waals surface area contributed by atoms with Gasteiger partial charge >= 0.3 is 5.97 Å². The van der Waals surface area contributed by atoms with Crippen LogP contribution in [0.1, 0.15) is 10.4 Å². The predicted octanol–water partition coefficient (Wildman–Crippen LogP) is 1.57. The van der Waals surface area contributed by atoms with Crippen molar-refractivity contribution in [1.29, 1.82) is 0 Å². The molecule has 3 rings (SSSR count). The van der Waals surface area contributed by atoms with Gasteiger partial charge in [0.15, 0.2) is 11.6 Å². The Balaban J connectivity index is 2.20. The van der Waals surface area contributed by atoms with Crippen molar-refractivity contribution in [3.05, 3.63) is 42.5 Å². The number of aryl methyl sites for hydroxylation is 1. The van der Waals surface area contributed by atoms with Crippen LogP contribution in [0.5, 0.6) is 0 Å². The zero-order valence-electron chi connectivity index (χ0n) is 10.6. The summed E-state index contributed by atoms with van der Waals surface area (Å²) in [5.41, 5.74) is 1.10. The van der Waals surface area contributed by atoms with Crippen molar-refractivity contribution in [3.8, 4) is 23.0 Å². The Labute approximate surface area is 114 Å². The molecule has 3 aromatic heterocycles. The first-order chi connectivity index (χ1) is 9.65. The molecule has 0 saturated heterocycles. The van der Waals surface area contributed by atoms with Gasteiger partial charge in [-0.3, -0.25) is 0 Å². The van der Waals surface area contributed by atoms with Crippen LogP contribution < -0.4 is 0 Å². The third-order valence-electron chi connectivity index (χ3n) is 2.86. The van der Waals surface area contributed by atoms with Gasteiger partial charge in [-0.15, -0.1) is 0 Å². The predicted molar refractivity (Wildman–Crippen MR) is 71.0 cm³/mol. The fourth-order valence-corrected chi connectivity index (χ4v) is 1.91. The molecule has 20 heavy (non-hydrogen) atoms.